The van der Waals surface area contributed by atoms with E-state index < -0.39 is 17.0 Å². The van der Waals surface area contributed by atoms with Crippen molar-refractivity contribution in [3.63, 3.8) is 0 Å². The lowest BCUT2D eigenvalue weighted by molar-refractivity contribution is -0.152. The third-order valence-electron chi connectivity index (χ3n) is 3.95. The lowest BCUT2D eigenvalue weighted by Gasteiger charge is -2.29. The lowest BCUT2D eigenvalue weighted by Crippen LogP contribution is -2.46. The fourth-order valence-electron chi connectivity index (χ4n) is 2.59. The summed E-state index contributed by atoms with van der Waals surface area (Å²) in [7, 11) is 0. The van der Waals surface area contributed by atoms with Gasteiger partial charge in [-0.1, -0.05) is 0 Å². The summed E-state index contributed by atoms with van der Waals surface area (Å²) < 4.78 is 5.50. The number of likely N-dealkylation sites (tertiary alicyclic amines) is 1. The van der Waals surface area contributed by atoms with Crippen LogP contribution in [-0.2, 0) is 14.3 Å². The number of hydrogen-bond acceptors (Lipinski definition) is 3. The van der Waals surface area contributed by atoms with E-state index in [1.54, 1.807) is 18.7 Å². The van der Waals surface area contributed by atoms with E-state index in [-0.39, 0.29) is 5.91 Å². The number of carboxylic acids is 1. The molecule has 0 aromatic heterocycles. The van der Waals surface area contributed by atoms with Crippen LogP contribution in [0.15, 0.2) is 0 Å². The third kappa shape index (κ3) is 2.04. The second-order valence-electron chi connectivity index (χ2n) is 5.53. The molecule has 0 aromatic rings. The Kier molecular flexibility index (Phi) is 2.89. The first-order valence-electron chi connectivity index (χ1n) is 6.04. The van der Waals surface area contributed by atoms with Crippen molar-refractivity contribution in [1.29, 1.82) is 0 Å². The van der Waals surface area contributed by atoms with Crippen LogP contribution in [0.2, 0.25) is 0 Å². The maximum atomic E-state index is 12.3. The summed E-state index contributed by atoms with van der Waals surface area (Å²) in [5.41, 5.74) is -1.53. The first kappa shape index (κ1) is 12.4. The zero-order chi connectivity index (χ0) is 12.7. The molecule has 1 amide bonds. The summed E-state index contributed by atoms with van der Waals surface area (Å²) in [6.45, 7) is 4.92. The van der Waals surface area contributed by atoms with E-state index in [1.807, 2.05) is 0 Å². The number of carbonyl (C=O) groups is 2. The van der Waals surface area contributed by atoms with Crippen molar-refractivity contribution < 1.29 is 19.4 Å². The zero-order valence-corrected chi connectivity index (χ0v) is 10.4. The maximum absolute atomic E-state index is 12.3. The highest BCUT2D eigenvalue weighted by Crippen LogP contribution is 2.34. The molecule has 5 heteroatoms. The molecule has 2 aliphatic rings. The predicted molar refractivity (Wildman–Crippen MR) is 60.5 cm³/mol. The molecule has 2 unspecified atom stereocenters. The standard InChI is InChI=1S/C12H19NO4/c1-11(10(15)16)5-6-13(8-11)9(14)12(2)4-3-7-17-12/h3-8H2,1-2H3,(H,15,16). The summed E-state index contributed by atoms with van der Waals surface area (Å²) >= 11 is 0. The molecule has 5 nitrogen and oxygen atoms in total. The Bertz CT molecular complexity index is 348. The topological polar surface area (TPSA) is 66.8 Å². The van der Waals surface area contributed by atoms with Crippen LogP contribution in [0.1, 0.15) is 33.1 Å². The van der Waals surface area contributed by atoms with Crippen molar-refractivity contribution in [3.8, 4) is 0 Å². The molecule has 96 valence electrons. The van der Waals surface area contributed by atoms with Crippen molar-refractivity contribution in [2.24, 2.45) is 5.41 Å². The molecular weight excluding hydrogens is 222 g/mol. The fraction of sp³-hybridized carbons (Fsp3) is 0.833. The van der Waals surface area contributed by atoms with Crippen molar-refractivity contribution in [3.05, 3.63) is 0 Å². The number of aliphatic carboxylic acids is 1. The molecular formula is C12H19NO4. The smallest absolute Gasteiger partial charge is 0.311 e. The maximum Gasteiger partial charge on any atom is 0.311 e. The Morgan fingerprint density at radius 2 is 2.00 bits per heavy atom. The molecule has 2 aliphatic heterocycles. The molecule has 0 bridgehead atoms. The molecule has 0 saturated carbocycles. The van der Waals surface area contributed by atoms with Crippen molar-refractivity contribution in [2.75, 3.05) is 19.7 Å². The summed E-state index contributed by atoms with van der Waals surface area (Å²) in [4.78, 5) is 25.0. The van der Waals surface area contributed by atoms with E-state index in [9.17, 15) is 9.59 Å². The third-order valence-corrected chi connectivity index (χ3v) is 3.95. The first-order valence-corrected chi connectivity index (χ1v) is 6.04. The second kappa shape index (κ2) is 3.98. The number of carboxylic acid groups (broad SMARTS) is 1. The van der Waals surface area contributed by atoms with Crippen LogP contribution in [0.25, 0.3) is 0 Å². The van der Waals surface area contributed by atoms with Crippen molar-refractivity contribution in [1.82, 2.24) is 4.90 Å². The zero-order valence-electron chi connectivity index (χ0n) is 10.4. The first-order chi connectivity index (χ1) is 7.87. The van der Waals surface area contributed by atoms with Crippen LogP contribution in [0.5, 0.6) is 0 Å². The van der Waals surface area contributed by atoms with E-state index in [0.29, 0.717) is 26.1 Å². The van der Waals surface area contributed by atoms with Gasteiger partial charge in [0.1, 0.15) is 5.60 Å². The summed E-state index contributed by atoms with van der Waals surface area (Å²) in [5.74, 6) is -0.884. The minimum atomic E-state index is -0.828. The predicted octanol–water partition coefficient (Wildman–Crippen LogP) is 0.879. The average molecular weight is 241 g/mol. The highest BCUT2D eigenvalue weighted by Gasteiger charge is 2.47. The van der Waals surface area contributed by atoms with Gasteiger partial charge in [0.25, 0.3) is 5.91 Å². The Labute approximate surface area is 101 Å². The fourth-order valence-corrected chi connectivity index (χ4v) is 2.59. The normalized spacial score (nSPS) is 37.4. The molecule has 2 heterocycles. The number of carbonyl (C=O) groups excluding carboxylic acids is 1. The molecule has 1 N–H and O–H groups in total. The Morgan fingerprint density at radius 3 is 2.47 bits per heavy atom. The molecule has 0 aliphatic carbocycles. The number of hydrogen-bond donors (Lipinski definition) is 1. The monoisotopic (exact) mass is 241 g/mol. The van der Waals surface area contributed by atoms with Gasteiger partial charge in [-0.15, -0.1) is 0 Å². The quantitative estimate of drug-likeness (QED) is 0.779. The van der Waals surface area contributed by atoms with Crippen LogP contribution in [-0.4, -0.2) is 47.2 Å². The average Bonchev–Trinajstić information content (AvgIpc) is 2.86. The van der Waals surface area contributed by atoms with Crippen molar-refractivity contribution in [2.45, 2.75) is 38.7 Å². The van der Waals surface area contributed by atoms with Crippen molar-refractivity contribution >= 4 is 11.9 Å². The van der Waals surface area contributed by atoms with Gasteiger partial charge in [0.15, 0.2) is 0 Å². The van der Waals surface area contributed by atoms with Gasteiger partial charge in [0.05, 0.1) is 5.41 Å². The van der Waals surface area contributed by atoms with Crippen LogP contribution in [0.3, 0.4) is 0 Å². The van der Waals surface area contributed by atoms with E-state index in [4.69, 9.17) is 9.84 Å². The molecule has 2 saturated heterocycles. The highest BCUT2D eigenvalue weighted by atomic mass is 16.5. The van der Waals surface area contributed by atoms with Gasteiger partial charge >= 0.3 is 5.97 Å². The van der Waals surface area contributed by atoms with Gasteiger partial charge < -0.3 is 14.7 Å². The SMILES string of the molecule is CC1(C(=O)O)CCN(C(=O)C2(C)CCCO2)C1. The molecule has 0 radical (unpaired) electrons. The van der Waals surface area contributed by atoms with E-state index in [0.717, 1.165) is 12.8 Å². The highest BCUT2D eigenvalue weighted by molar-refractivity contribution is 5.86. The number of rotatable bonds is 2. The summed E-state index contributed by atoms with van der Waals surface area (Å²) in [6, 6.07) is 0. The molecule has 17 heavy (non-hydrogen) atoms. The Morgan fingerprint density at radius 1 is 1.29 bits per heavy atom. The molecule has 2 rings (SSSR count). The molecule has 0 spiro atoms. The largest absolute Gasteiger partial charge is 0.481 e. The van der Waals surface area contributed by atoms with Gasteiger partial charge in [-0.05, 0) is 33.1 Å². The minimum absolute atomic E-state index is 0.0556. The Balaban J connectivity index is 2.06. The second-order valence-corrected chi connectivity index (χ2v) is 5.53. The van der Waals surface area contributed by atoms with Gasteiger partial charge in [-0.25, -0.2) is 0 Å². The van der Waals surface area contributed by atoms with Gasteiger partial charge in [-0.2, -0.15) is 0 Å². The van der Waals surface area contributed by atoms with Gasteiger partial charge in [-0.3, -0.25) is 9.59 Å². The van der Waals surface area contributed by atoms with Crippen LogP contribution in [0, 0.1) is 5.41 Å². The van der Waals surface area contributed by atoms with E-state index in [1.165, 1.54) is 0 Å². The Hall–Kier alpha value is -1.10. The minimum Gasteiger partial charge on any atom is -0.481 e. The number of amides is 1. The van der Waals surface area contributed by atoms with Crippen LogP contribution < -0.4 is 0 Å². The van der Waals surface area contributed by atoms with Crippen LogP contribution in [0.4, 0.5) is 0 Å². The molecule has 0 aromatic carbocycles. The summed E-state index contributed by atoms with van der Waals surface area (Å²) in [5, 5.41) is 9.13. The van der Waals surface area contributed by atoms with E-state index in [2.05, 4.69) is 0 Å². The van der Waals surface area contributed by atoms with E-state index >= 15 is 0 Å². The number of ether oxygens (including phenoxy) is 1. The summed E-state index contributed by atoms with van der Waals surface area (Å²) in [6.07, 6.45) is 2.14. The van der Waals surface area contributed by atoms with Gasteiger partial charge in [0, 0.05) is 19.7 Å². The molecule has 2 fully saturated rings. The van der Waals surface area contributed by atoms with Crippen LogP contribution >= 0.6 is 0 Å². The van der Waals surface area contributed by atoms with Gasteiger partial charge in [0.2, 0.25) is 0 Å². The molecule has 2 atom stereocenters. The number of nitrogens with zero attached hydrogens (tertiary/aromatic N) is 1. The lowest BCUT2D eigenvalue weighted by atomic mass is 9.90.